The molecule has 4 heteroatoms. The van der Waals surface area contributed by atoms with Crippen LogP contribution in [0.5, 0.6) is 0 Å². The highest BCUT2D eigenvalue weighted by Crippen LogP contribution is 2.11. The highest BCUT2D eigenvalue weighted by atomic mass is 19.1. The number of hydrogen-bond acceptors (Lipinski definition) is 1. The smallest absolute Gasteiger partial charge is 0.221 e. The molecule has 0 atom stereocenters. The van der Waals surface area contributed by atoms with E-state index < -0.39 is 17.5 Å². The number of rotatable bonds is 3. The van der Waals surface area contributed by atoms with E-state index in [1.165, 1.54) is 18.2 Å². The fourth-order valence-electron chi connectivity index (χ4n) is 0.939. The van der Waals surface area contributed by atoms with Gasteiger partial charge in [0.1, 0.15) is 11.6 Å². The van der Waals surface area contributed by atoms with Crippen LogP contribution >= 0.6 is 0 Å². The fraction of sp³-hybridized carbons (Fsp3) is 0.100. The van der Waals surface area contributed by atoms with Gasteiger partial charge < -0.3 is 5.73 Å². The van der Waals surface area contributed by atoms with Crippen LogP contribution in [0.2, 0.25) is 0 Å². The molecule has 1 rings (SSSR count). The van der Waals surface area contributed by atoms with Crippen molar-refractivity contribution in [3.05, 3.63) is 41.5 Å². The zero-order chi connectivity index (χ0) is 10.6. The van der Waals surface area contributed by atoms with E-state index in [1.807, 2.05) is 0 Å². The summed E-state index contributed by atoms with van der Waals surface area (Å²) in [5, 5.41) is 0. The lowest BCUT2D eigenvalue weighted by atomic mass is 10.2. The topological polar surface area (TPSA) is 43.1 Å². The first-order valence-corrected chi connectivity index (χ1v) is 3.99. The Bertz CT molecular complexity index is 374. The molecule has 2 nitrogen and oxygen atoms in total. The second-order valence-electron chi connectivity index (χ2n) is 2.74. The molecule has 1 amide bonds. The van der Waals surface area contributed by atoms with Crippen LogP contribution in [0.3, 0.4) is 0 Å². The van der Waals surface area contributed by atoms with Gasteiger partial charge in [0, 0.05) is 18.1 Å². The minimum atomic E-state index is -0.661. The molecule has 1 aromatic carbocycles. The van der Waals surface area contributed by atoms with Crippen LogP contribution in [0.4, 0.5) is 8.78 Å². The van der Waals surface area contributed by atoms with Crippen LogP contribution < -0.4 is 5.73 Å². The van der Waals surface area contributed by atoms with Crippen LogP contribution in [0.15, 0.2) is 24.3 Å². The molecule has 0 bridgehead atoms. The number of benzene rings is 1. The summed E-state index contributed by atoms with van der Waals surface area (Å²) in [5.41, 5.74) is 5.10. The van der Waals surface area contributed by atoms with Crippen molar-refractivity contribution in [1.29, 1.82) is 0 Å². The van der Waals surface area contributed by atoms with Gasteiger partial charge in [0.15, 0.2) is 0 Å². The molecule has 1 aromatic rings. The summed E-state index contributed by atoms with van der Waals surface area (Å²) in [4.78, 5) is 10.3. The van der Waals surface area contributed by atoms with Crippen molar-refractivity contribution >= 4 is 12.0 Å². The summed E-state index contributed by atoms with van der Waals surface area (Å²) in [6.07, 6.45) is 2.86. The third-order valence-electron chi connectivity index (χ3n) is 1.58. The lowest BCUT2D eigenvalue weighted by molar-refractivity contribution is -0.117. The molecule has 0 spiro atoms. The van der Waals surface area contributed by atoms with E-state index in [-0.39, 0.29) is 12.0 Å². The van der Waals surface area contributed by atoms with E-state index in [2.05, 4.69) is 0 Å². The SMILES string of the molecule is NC(=O)CC=Cc1ccc(F)cc1F. The molecule has 0 radical (unpaired) electrons. The quantitative estimate of drug-likeness (QED) is 0.789. The van der Waals surface area contributed by atoms with Gasteiger partial charge in [-0.05, 0) is 12.1 Å². The summed E-state index contributed by atoms with van der Waals surface area (Å²) in [6, 6.07) is 3.22. The van der Waals surface area contributed by atoms with E-state index in [0.29, 0.717) is 0 Å². The number of carbonyl (C=O) groups is 1. The summed E-state index contributed by atoms with van der Waals surface area (Å²) in [5.74, 6) is -1.79. The Balaban J connectivity index is 2.76. The van der Waals surface area contributed by atoms with Gasteiger partial charge in [-0.15, -0.1) is 0 Å². The molecule has 0 heterocycles. The third-order valence-corrected chi connectivity index (χ3v) is 1.58. The highest BCUT2D eigenvalue weighted by Gasteiger charge is 1.99. The largest absolute Gasteiger partial charge is 0.369 e. The molecule has 0 aliphatic carbocycles. The first-order chi connectivity index (χ1) is 6.59. The van der Waals surface area contributed by atoms with E-state index in [9.17, 15) is 13.6 Å². The lowest BCUT2D eigenvalue weighted by Gasteiger charge is -1.95. The summed E-state index contributed by atoms with van der Waals surface area (Å²) < 4.78 is 25.4. The molecule has 2 N–H and O–H groups in total. The fourth-order valence-corrected chi connectivity index (χ4v) is 0.939. The molecule has 0 saturated carbocycles. The predicted octanol–water partition coefficient (Wildman–Crippen LogP) is 1.85. The Labute approximate surface area is 80.0 Å². The van der Waals surface area contributed by atoms with E-state index in [0.717, 1.165) is 12.1 Å². The Morgan fingerprint density at radius 2 is 2.14 bits per heavy atom. The van der Waals surface area contributed by atoms with Crippen molar-refractivity contribution in [1.82, 2.24) is 0 Å². The monoisotopic (exact) mass is 197 g/mol. The molecule has 0 fully saturated rings. The predicted molar refractivity (Wildman–Crippen MR) is 49.2 cm³/mol. The first-order valence-electron chi connectivity index (χ1n) is 3.99. The second-order valence-corrected chi connectivity index (χ2v) is 2.74. The second kappa shape index (κ2) is 4.50. The van der Waals surface area contributed by atoms with Gasteiger partial charge in [-0.3, -0.25) is 4.79 Å². The van der Waals surface area contributed by atoms with Crippen LogP contribution in [-0.4, -0.2) is 5.91 Å². The minimum absolute atomic E-state index is 0.0385. The maximum Gasteiger partial charge on any atom is 0.221 e. The van der Waals surface area contributed by atoms with Crippen molar-refractivity contribution in [2.45, 2.75) is 6.42 Å². The molecular weight excluding hydrogens is 188 g/mol. The molecule has 14 heavy (non-hydrogen) atoms. The molecule has 0 saturated heterocycles. The Morgan fingerprint density at radius 1 is 1.43 bits per heavy atom. The van der Waals surface area contributed by atoms with E-state index >= 15 is 0 Å². The van der Waals surface area contributed by atoms with Crippen LogP contribution in [0, 0.1) is 11.6 Å². The average molecular weight is 197 g/mol. The van der Waals surface area contributed by atoms with Crippen molar-refractivity contribution in [3.8, 4) is 0 Å². The summed E-state index contributed by atoms with van der Waals surface area (Å²) in [6.45, 7) is 0. The van der Waals surface area contributed by atoms with E-state index in [4.69, 9.17) is 5.73 Å². The van der Waals surface area contributed by atoms with Gasteiger partial charge in [0.05, 0.1) is 0 Å². The number of carbonyl (C=O) groups excluding carboxylic acids is 1. The first kappa shape index (κ1) is 10.4. The van der Waals surface area contributed by atoms with Crippen LogP contribution in [0.1, 0.15) is 12.0 Å². The zero-order valence-electron chi connectivity index (χ0n) is 7.34. The van der Waals surface area contributed by atoms with Gasteiger partial charge in [-0.1, -0.05) is 12.2 Å². The minimum Gasteiger partial charge on any atom is -0.369 e. The van der Waals surface area contributed by atoms with Crippen molar-refractivity contribution in [3.63, 3.8) is 0 Å². The van der Waals surface area contributed by atoms with Gasteiger partial charge in [0.2, 0.25) is 5.91 Å². The normalized spacial score (nSPS) is 10.7. The summed E-state index contributed by atoms with van der Waals surface area (Å²) in [7, 11) is 0. The summed E-state index contributed by atoms with van der Waals surface area (Å²) >= 11 is 0. The number of halogens is 2. The maximum absolute atomic E-state index is 13.0. The average Bonchev–Trinajstić information content (AvgIpc) is 2.08. The molecule has 0 unspecified atom stereocenters. The molecular formula is C10H9F2NO. The number of primary amides is 1. The molecule has 74 valence electrons. The lowest BCUT2D eigenvalue weighted by Crippen LogP contribution is -2.07. The van der Waals surface area contributed by atoms with E-state index in [1.54, 1.807) is 0 Å². The van der Waals surface area contributed by atoms with Gasteiger partial charge in [0.25, 0.3) is 0 Å². The standard InChI is InChI=1S/C10H9F2NO/c11-8-5-4-7(9(12)6-8)2-1-3-10(13)14/h1-2,4-6H,3H2,(H2,13,14). The molecule has 0 aliphatic heterocycles. The number of amides is 1. The van der Waals surface area contributed by atoms with Crippen LogP contribution in [0.25, 0.3) is 6.08 Å². The number of hydrogen-bond donors (Lipinski definition) is 1. The molecule has 0 aromatic heterocycles. The van der Waals surface area contributed by atoms with Gasteiger partial charge in [-0.25, -0.2) is 8.78 Å². The Kier molecular flexibility index (Phi) is 3.34. The highest BCUT2D eigenvalue weighted by molar-refractivity contribution is 5.76. The Hall–Kier alpha value is -1.71. The maximum atomic E-state index is 13.0. The van der Waals surface area contributed by atoms with Gasteiger partial charge >= 0.3 is 0 Å². The molecule has 0 aliphatic rings. The van der Waals surface area contributed by atoms with Gasteiger partial charge in [-0.2, -0.15) is 0 Å². The third kappa shape index (κ3) is 2.97. The zero-order valence-corrected chi connectivity index (χ0v) is 7.34. The van der Waals surface area contributed by atoms with Crippen molar-refractivity contribution < 1.29 is 13.6 Å². The Morgan fingerprint density at radius 3 is 2.71 bits per heavy atom. The van der Waals surface area contributed by atoms with Crippen LogP contribution in [-0.2, 0) is 4.79 Å². The number of nitrogens with two attached hydrogens (primary N) is 1. The van der Waals surface area contributed by atoms with Crippen molar-refractivity contribution in [2.75, 3.05) is 0 Å². The van der Waals surface area contributed by atoms with Crippen molar-refractivity contribution in [2.24, 2.45) is 5.73 Å².